The number of fused-ring (bicyclic) bond motifs is 5. The minimum absolute atomic E-state index is 0.0221. The van der Waals surface area contributed by atoms with E-state index in [1.165, 1.54) is 21.0 Å². The molecule has 7 unspecified atom stereocenters. The van der Waals surface area contributed by atoms with Crippen LogP contribution in [0.5, 0.6) is 0 Å². The summed E-state index contributed by atoms with van der Waals surface area (Å²) >= 11 is 0. The summed E-state index contributed by atoms with van der Waals surface area (Å²) in [6, 6.07) is 0. The highest BCUT2D eigenvalue weighted by molar-refractivity contribution is 5.83. The largest absolute Gasteiger partial charge is 0.469 e. The summed E-state index contributed by atoms with van der Waals surface area (Å²) in [5.74, 6) is 0.633. The summed E-state index contributed by atoms with van der Waals surface area (Å²) in [7, 11) is 1.42. The van der Waals surface area contributed by atoms with E-state index in [4.69, 9.17) is 14.2 Å². The van der Waals surface area contributed by atoms with E-state index >= 15 is 0 Å². The Bertz CT molecular complexity index is 898. The quantitative estimate of drug-likeness (QED) is 0.375. The average Bonchev–Trinajstić information content (AvgIpc) is 3.16. The molecule has 4 aliphatic rings. The van der Waals surface area contributed by atoms with Crippen molar-refractivity contribution in [2.45, 2.75) is 105 Å². The Balaban J connectivity index is 1.63. The van der Waals surface area contributed by atoms with E-state index < -0.39 is 0 Å². The number of carbonyl (C=O) groups excluding carboxylic acids is 4. The van der Waals surface area contributed by atoms with Crippen molar-refractivity contribution in [2.75, 3.05) is 7.11 Å². The van der Waals surface area contributed by atoms with Crippen molar-refractivity contribution in [1.29, 1.82) is 0 Å². The zero-order valence-corrected chi connectivity index (χ0v) is 22.8. The van der Waals surface area contributed by atoms with Crippen LogP contribution in [0, 0.1) is 46.3 Å². The first-order valence-corrected chi connectivity index (χ1v) is 13.9. The molecule has 0 aromatic carbocycles. The summed E-state index contributed by atoms with van der Waals surface area (Å²) in [5, 5.41) is 0. The molecule has 0 saturated heterocycles. The Kier molecular flexibility index (Phi) is 7.60. The minimum atomic E-state index is -0.295. The number of hydrogen-bond acceptors (Lipinski definition) is 7. The lowest BCUT2D eigenvalue weighted by molar-refractivity contribution is -0.197. The van der Waals surface area contributed by atoms with Crippen LogP contribution < -0.4 is 0 Å². The van der Waals surface area contributed by atoms with Gasteiger partial charge in [-0.2, -0.15) is 0 Å². The van der Waals surface area contributed by atoms with Gasteiger partial charge >= 0.3 is 17.9 Å². The van der Waals surface area contributed by atoms with Crippen LogP contribution in [0.1, 0.15) is 92.4 Å². The van der Waals surface area contributed by atoms with Crippen LogP contribution in [0.25, 0.3) is 0 Å². The summed E-state index contributed by atoms with van der Waals surface area (Å²) in [6.07, 6.45) is 6.38. The molecule has 4 aliphatic carbocycles. The van der Waals surface area contributed by atoms with Gasteiger partial charge < -0.3 is 14.2 Å². The predicted octanol–water partition coefficient (Wildman–Crippen LogP) is 4.89. The highest BCUT2D eigenvalue weighted by Gasteiger charge is 2.67. The molecule has 36 heavy (non-hydrogen) atoms. The maximum Gasteiger partial charge on any atom is 0.305 e. The number of Topliss-reactive ketones (excluding diaryl/α,β-unsaturated/α-hetero) is 1. The van der Waals surface area contributed by atoms with Crippen molar-refractivity contribution < 1.29 is 33.4 Å². The smallest absolute Gasteiger partial charge is 0.305 e. The lowest BCUT2D eigenvalue weighted by Gasteiger charge is -2.62. The van der Waals surface area contributed by atoms with Gasteiger partial charge in [0.1, 0.15) is 18.0 Å². The van der Waals surface area contributed by atoms with E-state index in [1.807, 2.05) is 0 Å². The molecule has 7 nitrogen and oxygen atoms in total. The van der Waals surface area contributed by atoms with E-state index in [9.17, 15) is 19.2 Å². The van der Waals surface area contributed by atoms with E-state index in [2.05, 4.69) is 20.8 Å². The number of methoxy groups -OCH3 is 1. The van der Waals surface area contributed by atoms with Crippen molar-refractivity contribution in [3.05, 3.63) is 0 Å². The number of ketones is 1. The molecule has 7 heteroatoms. The highest BCUT2D eigenvalue weighted by atomic mass is 16.5. The zero-order valence-electron chi connectivity index (χ0n) is 22.8. The van der Waals surface area contributed by atoms with Crippen LogP contribution >= 0.6 is 0 Å². The molecular weight excluding hydrogens is 460 g/mol. The molecule has 0 bridgehead atoms. The van der Waals surface area contributed by atoms with Gasteiger partial charge in [-0.1, -0.05) is 20.8 Å². The molecule has 0 amide bonds. The van der Waals surface area contributed by atoms with E-state index in [1.54, 1.807) is 0 Å². The predicted molar refractivity (Wildman–Crippen MR) is 133 cm³/mol. The Morgan fingerprint density at radius 2 is 1.69 bits per heavy atom. The van der Waals surface area contributed by atoms with Gasteiger partial charge in [0, 0.05) is 38.0 Å². The van der Waals surface area contributed by atoms with Crippen molar-refractivity contribution in [2.24, 2.45) is 46.3 Å². The number of hydrogen-bond donors (Lipinski definition) is 0. The molecular formula is C29H44O7. The normalized spacial score (nSPS) is 42.4. The maximum atomic E-state index is 13.8. The Hall–Kier alpha value is -1.92. The molecule has 0 aromatic heterocycles. The second kappa shape index (κ2) is 10.1. The van der Waals surface area contributed by atoms with E-state index in [0.717, 1.165) is 38.5 Å². The van der Waals surface area contributed by atoms with Gasteiger partial charge in [-0.3, -0.25) is 19.2 Å². The first-order valence-electron chi connectivity index (χ1n) is 13.9. The Morgan fingerprint density at radius 1 is 1.00 bits per heavy atom. The monoisotopic (exact) mass is 504 g/mol. The summed E-state index contributed by atoms with van der Waals surface area (Å²) < 4.78 is 16.5. The van der Waals surface area contributed by atoms with Crippen LogP contribution in [-0.4, -0.2) is 43.0 Å². The number of rotatable bonds is 6. The standard InChI is InChI=1S/C29H44O7/c1-16(7-10-26(33)34-6)21-8-9-22-27-23(15-25(29(21,22)5)36-18(3)31)28(4)12-11-20(35-17(2)30)13-19(28)14-24(27)32/h16,19-23,25,27H,7-15H2,1-6H3/t16-,19?,20-,21?,22?,23?,25+,27?,28?,29?/m1/s1. The molecule has 0 spiro atoms. The minimum Gasteiger partial charge on any atom is -0.469 e. The fraction of sp³-hybridized carbons (Fsp3) is 0.862. The van der Waals surface area contributed by atoms with Crippen LogP contribution in [0.15, 0.2) is 0 Å². The van der Waals surface area contributed by atoms with Gasteiger partial charge in [0.25, 0.3) is 0 Å². The van der Waals surface area contributed by atoms with Crippen LogP contribution in [0.2, 0.25) is 0 Å². The molecule has 202 valence electrons. The van der Waals surface area contributed by atoms with Crippen molar-refractivity contribution in [3.63, 3.8) is 0 Å². The molecule has 4 rings (SSSR count). The molecule has 10 atom stereocenters. The van der Waals surface area contributed by atoms with E-state index in [-0.39, 0.29) is 76.5 Å². The molecule has 0 aromatic rings. The van der Waals surface area contributed by atoms with Crippen molar-refractivity contribution >= 4 is 23.7 Å². The summed E-state index contributed by atoms with van der Waals surface area (Å²) in [5.41, 5.74) is -0.334. The van der Waals surface area contributed by atoms with Crippen molar-refractivity contribution in [3.8, 4) is 0 Å². The van der Waals surface area contributed by atoms with Crippen LogP contribution in [0.4, 0.5) is 0 Å². The van der Waals surface area contributed by atoms with E-state index in [0.29, 0.717) is 25.0 Å². The van der Waals surface area contributed by atoms with Gasteiger partial charge in [0.2, 0.25) is 0 Å². The molecule has 4 saturated carbocycles. The van der Waals surface area contributed by atoms with Gasteiger partial charge in [0.15, 0.2) is 0 Å². The number of carbonyl (C=O) groups is 4. The lowest BCUT2D eigenvalue weighted by Crippen LogP contribution is -2.62. The molecule has 0 N–H and O–H groups in total. The molecule has 0 radical (unpaired) electrons. The van der Waals surface area contributed by atoms with Crippen LogP contribution in [-0.2, 0) is 33.4 Å². The fourth-order valence-electron chi connectivity index (χ4n) is 9.17. The first kappa shape index (κ1) is 27.1. The molecule has 4 fully saturated rings. The molecule has 0 aliphatic heterocycles. The molecule has 0 heterocycles. The van der Waals surface area contributed by atoms with Crippen LogP contribution in [0.3, 0.4) is 0 Å². The van der Waals surface area contributed by atoms with Gasteiger partial charge in [-0.05, 0) is 80.0 Å². The second-order valence-electron chi connectivity index (χ2n) is 12.6. The lowest BCUT2D eigenvalue weighted by atomic mass is 9.43. The topological polar surface area (TPSA) is 96.0 Å². The first-order chi connectivity index (χ1) is 16.9. The highest BCUT2D eigenvalue weighted by Crippen LogP contribution is 2.68. The maximum absolute atomic E-state index is 13.8. The zero-order chi connectivity index (χ0) is 26.4. The summed E-state index contributed by atoms with van der Waals surface area (Å²) in [4.78, 5) is 49.5. The van der Waals surface area contributed by atoms with Gasteiger partial charge in [-0.25, -0.2) is 0 Å². The summed E-state index contributed by atoms with van der Waals surface area (Å²) in [6.45, 7) is 9.69. The van der Waals surface area contributed by atoms with Crippen molar-refractivity contribution in [1.82, 2.24) is 0 Å². The van der Waals surface area contributed by atoms with Gasteiger partial charge in [0.05, 0.1) is 7.11 Å². The average molecular weight is 505 g/mol. The van der Waals surface area contributed by atoms with Gasteiger partial charge in [-0.15, -0.1) is 0 Å². The Morgan fingerprint density at radius 3 is 2.33 bits per heavy atom. The third kappa shape index (κ3) is 4.60. The Labute approximate surface area is 215 Å². The third-order valence-electron chi connectivity index (χ3n) is 10.9. The number of esters is 3. The number of ether oxygens (including phenoxy) is 3. The second-order valence-corrected chi connectivity index (χ2v) is 12.6. The SMILES string of the molecule is COC(=O)CC[C@@H](C)C1CCC2C3C(=O)CC4C[C@H](OC(C)=O)CCC4(C)C3C[C@H](OC(C)=O)C21C. The fourth-order valence-corrected chi connectivity index (χ4v) is 9.17. The third-order valence-corrected chi connectivity index (χ3v) is 10.9.